The zero-order valence-electron chi connectivity index (χ0n) is 13.4. The van der Waals surface area contributed by atoms with E-state index in [9.17, 15) is 9.59 Å². The van der Waals surface area contributed by atoms with Gasteiger partial charge in [-0.05, 0) is 17.5 Å². The molecule has 0 saturated carbocycles. The van der Waals surface area contributed by atoms with Gasteiger partial charge in [-0.15, -0.1) is 0 Å². The van der Waals surface area contributed by atoms with Crippen molar-refractivity contribution in [1.82, 2.24) is 5.32 Å². The van der Waals surface area contributed by atoms with E-state index < -0.39 is 0 Å². The minimum absolute atomic E-state index is 0.113. The molecule has 0 spiro atoms. The van der Waals surface area contributed by atoms with Crippen LogP contribution in [0.5, 0.6) is 5.75 Å². The SMILES string of the molecule is COc1ccccc1NC(=O)CCNC(=O)C(Br)C(C)(C)C. The molecule has 1 aromatic rings. The van der Waals surface area contributed by atoms with E-state index in [-0.39, 0.29) is 35.0 Å². The van der Waals surface area contributed by atoms with Gasteiger partial charge in [-0.3, -0.25) is 9.59 Å². The Balaban J connectivity index is 2.43. The Morgan fingerprint density at radius 1 is 1.27 bits per heavy atom. The number of methoxy groups -OCH3 is 1. The van der Waals surface area contributed by atoms with Crippen LogP contribution in [0.2, 0.25) is 0 Å². The van der Waals surface area contributed by atoms with Crippen LogP contribution >= 0.6 is 15.9 Å². The van der Waals surface area contributed by atoms with Gasteiger partial charge in [-0.2, -0.15) is 0 Å². The molecule has 122 valence electrons. The summed E-state index contributed by atoms with van der Waals surface area (Å²) in [6.07, 6.45) is 0.202. The first-order chi connectivity index (χ1) is 10.3. The topological polar surface area (TPSA) is 67.4 Å². The van der Waals surface area contributed by atoms with Gasteiger partial charge in [0.15, 0.2) is 0 Å². The maximum absolute atomic E-state index is 11.9. The van der Waals surface area contributed by atoms with Gasteiger partial charge in [-0.1, -0.05) is 48.8 Å². The van der Waals surface area contributed by atoms with Gasteiger partial charge < -0.3 is 15.4 Å². The molecular weight excluding hydrogens is 348 g/mol. The number of hydrogen-bond acceptors (Lipinski definition) is 3. The number of alkyl halides is 1. The molecule has 0 heterocycles. The van der Waals surface area contributed by atoms with Gasteiger partial charge in [-0.25, -0.2) is 0 Å². The van der Waals surface area contributed by atoms with Crippen molar-refractivity contribution in [2.45, 2.75) is 32.0 Å². The quantitative estimate of drug-likeness (QED) is 0.756. The fourth-order valence-electron chi connectivity index (χ4n) is 1.74. The molecule has 22 heavy (non-hydrogen) atoms. The maximum Gasteiger partial charge on any atom is 0.234 e. The van der Waals surface area contributed by atoms with Crippen LogP contribution in [0.1, 0.15) is 27.2 Å². The van der Waals surface area contributed by atoms with Gasteiger partial charge in [0.1, 0.15) is 5.75 Å². The van der Waals surface area contributed by atoms with Crippen LogP contribution in [0, 0.1) is 5.41 Å². The Morgan fingerprint density at radius 2 is 1.91 bits per heavy atom. The summed E-state index contributed by atoms with van der Waals surface area (Å²) in [6, 6.07) is 7.19. The number of hydrogen-bond donors (Lipinski definition) is 2. The number of anilines is 1. The van der Waals surface area contributed by atoms with Gasteiger partial charge in [0, 0.05) is 13.0 Å². The predicted molar refractivity (Wildman–Crippen MR) is 91.4 cm³/mol. The number of amides is 2. The second-order valence-corrected chi connectivity index (χ2v) is 6.93. The molecule has 1 unspecified atom stereocenters. The smallest absolute Gasteiger partial charge is 0.234 e. The molecule has 1 atom stereocenters. The number of nitrogens with one attached hydrogen (secondary N) is 2. The fourth-order valence-corrected chi connectivity index (χ4v) is 1.90. The highest BCUT2D eigenvalue weighted by atomic mass is 79.9. The molecule has 1 aromatic carbocycles. The van der Waals surface area contributed by atoms with Crippen LogP contribution in [0.25, 0.3) is 0 Å². The van der Waals surface area contributed by atoms with E-state index in [1.807, 2.05) is 32.9 Å². The Hall–Kier alpha value is -1.56. The number of para-hydroxylation sites is 2. The Morgan fingerprint density at radius 3 is 2.50 bits per heavy atom. The summed E-state index contributed by atoms with van der Waals surface area (Å²) in [6.45, 7) is 6.21. The summed E-state index contributed by atoms with van der Waals surface area (Å²) < 4.78 is 5.17. The van der Waals surface area contributed by atoms with Crippen molar-refractivity contribution in [2.24, 2.45) is 5.41 Å². The van der Waals surface area contributed by atoms with Crippen molar-refractivity contribution in [2.75, 3.05) is 19.0 Å². The number of rotatable bonds is 6. The van der Waals surface area contributed by atoms with E-state index >= 15 is 0 Å². The van der Waals surface area contributed by atoms with Gasteiger partial charge in [0.2, 0.25) is 11.8 Å². The molecule has 0 fully saturated rings. The highest BCUT2D eigenvalue weighted by Crippen LogP contribution is 2.26. The molecule has 0 aliphatic rings. The van der Waals surface area contributed by atoms with Crippen LogP contribution in [0.15, 0.2) is 24.3 Å². The molecule has 0 aliphatic heterocycles. The van der Waals surface area contributed by atoms with Crippen molar-refractivity contribution in [3.63, 3.8) is 0 Å². The van der Waals surface area contributed by atoms with E-state index in [1.165, 1.54) is 0 Å². The molecular formula is C16H23BrN2O3. The van der Waals surface area contributed by atoms with Crippen molar-refractivity contribution < 1.29 is 14.3 Å². The van der Waals surface area contributed by atoms with Crippen LogP contribution in [0.4, 0.5) is 5.69 Å². The lowest BCUT2D eigenvalue weighted by molar-refractivity contribution is -0.122. The molecule has 0 saturated heterocycles. The highest BCUT2D eigenvalue weighted by Gasteiger charge is 2.28. The number of halogens is 1. The molecule has 5 nitrogen and oxygen atoms in total. The van der Waals surface area contributed by atoms with E-state index in [0.29, 0.717) is 11.4 Å². The first-order valence-corrected chi connectivity index (χ1v) is 8.02. The largest absolute Gasteiger partial charge is 0.495 e. The minimum Gasteiger partial charge on any atom is -0.495 e. The third-order valence-corrected chi connectivity index (χ3v) is 4.81. The van der Waals surface area contributed by atoms with E-state index in [0.717, 1.165) is 0 Å². The predicted octanol–water partition coefficient (Wildman–Crippen LogP) is 2.95. The van der Waals surface area contributed by atoms with E-state index in [1.54, 1.807) is 19.2 Å². The molecule has 1 rings (SSSR count). The van der Waals surface area contributed by atoms with Crippen LogP contribution < -0.4 is 15.4 Å². The molecule has 0 aromatic heterocycles. The van der Waals surface area contributed by atoms with Gasteiger partial charge in [0.25, 0.3) is 0 Å². The standard InChI is InChI=1S/C16H23BrN2O3/c1-16(2,3)14(17)15(21)18-10-9-13(20)19-11-7-5-6-8-12(11)22-4/h5-8,14H,9-10H2,1-4H3,(H,18,21)(H,19,20). The zero-order valence-corrected chi connectivity index (χ0v) is 15.0. The van der Waals surface area contributed by atoms with Crippen LogP contribution in [-0.4, -0.2) is 30.3 Å². The lowest BCUT2D eigenvalue weighted by Crippen LogP contribution is -2.39. The molecule has 0 aliphatic carbocycles. The first kappa shape index (κ1) is 18.5. The Labute approximate surface area is 139 Å². The number of benzene rings is 1. The summed E-state index contributed by atoms with van der Waals surface area (Å²) in [5.41, 5.74) is 0.443. The van der Waals surface area contributed by atoms with Crippen molar-refractivity contribution in [3.8, 4) is 5.75 Å². The van der Waals surface area contributed by atoms with Crippen LogP contribution in [0.3, 0.4) is 0 Å². The normalized spacial score (nSPS) is 12.4. The summed E-state index contributed by atoms with van der Waals surface area (Å²) in [5, 5.41) is 5.52. The number of carbonyl (C=O) groups excluding carboxylic acids is 2. The van der Waals surface area contributed by atoms with Crippen molar-refractivity contribution in [1.29, 1.82) is 0 Å². The Bertz CT molecular complexity index is 526. The lowest BCUT2D eigenvalue weighted by Gasteiger charge is -2.24. The average molecular weight is 371 g/mol. The molecule has 2 N–H and O–H groups in total. The fraction of sp³-hybridized carbons (Fsp3) is 0.500. The highest BCUT2D eigenvalue weighted by molar-refractivity contribution is 9.10. The second kappa shape index (κ2) is 8.17. The van der Waals surface area contributed by atoms with Crippen molar-refractivity contribution >= 4 is 33.4 Å². The summed E-state index contributed by atoms with van der Waals surface area (Å²) in [4.78, 5) is 23.5. The van der Waals surface area contributed by atoms with Crippen molar-refractivity contribution in [3.05, 3.63) is 24.3 Å². The zero-order chi connectivity index (χ0) is 16.8. The number of ether oxygens (including phenoxy) is 1. The van der Waals surface area contributed by atoms with E-state index in [4.69, 9.17) is 4.74 Å². The lowest BCUT2D eigenvalue weighted by atomic mass is 9.92. The first-order valence-electron chi connectivity index (χ1n) is 7.10. The Kier molecular flexibility index (Phi) is 6.87. The molecule has 6 heteroatoms. The summed E-state index contributed by atoms with van der Waals surface area (Å²) >= 11 is 3.37. The molecule has 0 radical (unpaired) electrons. The number of carbonyl (C=O) groups is 2. The summed E-state index contributed by atoms with van der Waals surface area (Å²) in [5.74, 6) is 0.317. The minimum atomic E-state index is -0.294. The monoisotopic (exact) mass is 370 g/mol. The maximum atomic E-state index is 11.9. The third-order valence-electron chi connectivity index (χ3n) is 3.02. The van der Waals surface area contributed by atoms with Gasteiger partial charge in [0.05, 0.1) is 17.6 Å². The molecule has 0 bridgehead atoms. The second-order valence-electron chi connectivity index (χ2n) is 6.02. The van der Waals surface area contributed by atoms with Crippen LogP contribution in [-0.2, 0) is 9.59 Å². The van der Waals surface area contributed by atoms with Gasteiger partial charge >= 0.3 is 0 Å². The average Bonchev–Trinajstić information content (AvgIpc) is 2.45. The summed E-state index contributed by atoms with van der Waals surface area (Å²) in [7, 11) is 1.55. The molecule has 2 amide bonds. The third kappa shape index (κ3) is 5.67. The van der Waals surface area contributed by atoms with E-state index in [2.05, 4.69) is 26.6 Å².